The molecule has 0 aliphatic rings. The molecule has 1 heterocycles. The van der Waals surface area contributed by atoms with Crippen LogP contribution < -0.4 is 9.23 Å². The Kier molecular flexibility index (Phi) is 4.80. The van der Waals surface area contributed by atoms with E-state index in [4.69, 9.17) is 18.6 Å². The monoisotopic (exact) mass is 260 g/mol. The van der Waals surface area contributed by atoms with Gasteiger partial charge in [0, 0.05) is 17.5 Å². The summed E-state index contributed by atoms with van der Waals surface area (Å²) in [5, 5.41) is 1.31. The third-order valence-electron chi connectivity index (χ3n) is 2.13. The summed E-state index contributed by atoms with van der Waals surface area (Å²) in [4.78, 5) is 0. The summed E-state index contributed by atoms with van der Waals surface area (Å²) in [6.07, 6.45) is 2.11. The van der Waals surface area contributed by atoms with Gasteiger partial charge >= 0.3 is 28.9 Å². The average molecular weight is 261 g/mol. The van der Waals surface area contributed by atoms with Crippen molar-refractivity contribution in [1.82, 2.24) is 0 Å². The van der Waals surface area contributed by atoms with Gasteiger partial charge in [0.2, 0.25) is 5.52 Å². The van der Waals surface area contributed by atoms with Gasteiger partial charge in [-0.2, -0.15) is 4.57 Å². The van der Waals surface area contributed by atoms with Gasteiger partial charge in [-0.15, -0.1) is 0 Å². The Morgan fingerprint density at radius 2 is 1.65 bits per heavy atom. The molecule has 0 amide bonds. The second-order valence-corrected chi connectivity index (χ2v) is 4.15. The number of rotatable bonds is 1. The molecule has 0 unspecified atom stereocenters. The van der Waals surface area contributed by atoms with Crippen LogP contribution in [0.15, 0.2) is 42.6 Å². The van der Waals surface area contributed by atoms with E-state index in [0.29, 0.717) is 0 Å². The van der Waals surface area contributed by atoms with Gasteiger partial charge in [0.25, 0.3) is 0 Å². The molecule has 5 nitrogen and oxygen atoms in total. The number of aryl methyl sites for hydroxylation is 1. The maximum atomic E-state index is 8.83. The van der Waals surface area contributed by atoms with Crippen molar-refractivity contribution < 1.29 is 33.4 Å². The number of pyridine rings is 1. The third-order valence-corrected chi connectivity index (χ3v) is 2.13. The molecule has 1 aromatic carbocycles. The van der Waals surface area contributed by atoms with Crippen molar-refractivity contribution in [3.05, 3.63) is 42.6 Å². The zero-order chi connectivity index (χ0) is 12.9. The molecule has 17 heavy (non-hydrogen) atoms. The van der Waals surface area contributed by atoms with Crippen LogP contribution in [0.2, 0.25) is 0 Å². The van der Waals surface area contributed by atoms with Crippen molar-refractivity contribution in [2.24, 2.45) is 0 Å². The molecule has 0 bridgehead atoms. The van der Waals surface area contributed by atoms with E-state index >= 15 is 0 Å². The van der Waals surface area contributed by atoms with Gasteiger partial charge in [0.1, 0.15) is 6.54 Å². The Balaban J connectivity index is 0.000000249. The third kappa shape index (κ3) is 5.08. The number of hydrogen-bond donors (Lipinski definition) is 3. The first-order valence-corrected chi connectivity index (χ1v) is 6.27. The van der Waals surface area contributed by atoms with E-state index in [1.54, 1.807) is 0 Å². The van der Waals surface area contributed by atoms with Gasteiger partial charge in [-0.3, -0.25) is 0 Å². The first-order valence-electron chi connectivity index (χ1n) is 4.95. The van der Waals surface area contributed by atoms with Crippen LogP contribution >= 0.6 is 0 Å². The average Bonchev–Trinajstić information content (AvgIpc) is 2.26. The van der Waals surface area contributed by atoms with Crippen molar-refractivity contribution in [3.8, 4) is 0 Å². The number of halogens is 1. The number of aromatic nitrogens is 1. The summed E-state index contributed by atoms with van der Waals surface area (Å²) in [5.41, 5.74) is 1.31. The number of fused-ring (bicyclic) bond motifs is 1. The molecule has 0 aliphatic carbocycles. The molecule has 0 radical (unpaired) electrons. The molecular formula is C11H15ClNO4+. The van der Waals surface area contributed by atoms with Crippen molar-refractivity contribution in [1.29, 1.82) is 0 Å². The van der Waals surface area contributed by atoms with E-state index in [-0.39, 0.29) is 0 Å². The fraction of sp³-hybridized carbons (Fsp3) is 0.182. The second-order valence-electron chi connectivity index (χ2n) is 3.29. The van der Waals surface area contributed by atoms with E-state index in [1.807, 2.05) is 0 Å². The summed E-state index contributed by atoms with van der Waals surface area (Å²) in [5.74, 6) is 0. The van der Waals surface area contributed by atoms with E-state index in [9.17, 15) is 0 Å². The molecule has 2 rings (SSSR count). The summed E-state index contributed by atoms with van der Waals surface area (Å²) in [6.45, 7) is 3.19. The fourth-order valence-corrected chi connectivity index (χ4v) is 1.50. The first kappa shape index (κ1) is 13.8. The first-order chi connectivity index (χ1) is 7.92. The van der Waals surface area contributed by atoms with Gasteiger partial charge < -0.3 is 0 Å². The quantitative estimate of drug-likeness (QED) is 0.591. The molecule has 6 heteroatoms. The van der Waals surface area contributed by atoms with Gasteiger partial charge in [0.05, 0.1) is 0 Å². The van der Waals surface area contributed by atoms with Crippen LogP contribution in [0.4, 0.5) is 0 Å². The van der Waals surface area contributed by atoms with Crippen LogP contribution in [0.3, 0.4) is 0 Å². The number of benzene rings is 1. The zero-order valence-corrected chi connectivity index (χ0v) is 10.1. The molecule has 0 aliphatic heterocycles. The molecule has 1 aromatic heterocycles. The molecular weight excluding hydrogens is 246 g/mol. The summed E-state index contributed by atoms with van der Waals surface area (Å²) in [7, 11) is -4.19. The Morgan fingerprint density at radius 1 is 1.12 bits per heavy atom. The van der Waals surface area contributed by atoms with Crippen molar-refractivity contribution >= 4 is 10.9 Å². The van der Waals surface area contributed by atoms with Crippen LogP contribution in [-0.2, 0) is 6.54 Å². The van der Waals surface area contributed by atoms with Crippen LogP contribution in [0.25, 0.3) is 10.9 Å². The normalized spacial score (nSPS) is 11.8. The molecule has 0 saturated heterocycles. The summed E-state index contributed by atoms with van der Waals surface area (Å²) in [6, 6.07) is 12.7. The van der Waals surface area contributed by atoms with Crippen LogP contribution in [0, 0.1) is 10.2 Å². The maximum absolute atomic E-state index is 8.83. The fourth-order valence-electron chi connectivity index (χ4n) is 1.50. The molecule has 0 saturated carbocycles. The second kappa shape index (κ2) is 5.90. The molecule has 2 aromatic rings. The van der Waals surface area contributed by atoms with Crippen LogP contribution in [-0.4, -0.2) is 14.0 Å². The number of nitrogens with zero attached hydrogens (tertiary/aromatic N) is 1. The van der Waals surface area contributed by atoms with Gasteiger partial charge in [-0.05, 0) is 19.1 Å². The Hall–Kier alpha value is -1.24. The van der Waals surface area contributed by atoms with Crippen molar-refractivity contribution in [2.45, 2.75) is 13.5 Å². The predicted octanol–water partition coefficient (Wildman–Crippen LogP) is -0.713. The van der Waals surface area contributed by atoms with E-state index in [1.165, 1.54) is 10.9 Å². The topological polar surface area (TPSA) is 87.6 Å². The Morgan fingerprint density at radius 3 is 2.24 bits per heavy atom. The van der Waals surface area contributed by atoms with Gasteiger partial charge in [-0.25, -0.2) is 0 Å². The summed E-state index contributed by atoms with van der Waals surface area (Å²) < 4.78 is 32.5. The van der Waals surface area contributed by atoms with Gasteiger partial charge in [0.15, 0.2) is 6.20 Å². The minimum atomic E-state index is -4.19. The van der Waals surface area contributed by atoms with E-state index in [0.717, 1.165) is 6.54 Å². The van der Waals surface area contributed by atoms with Crippen molar-refractivity contribution in [3.63, 3.8) is 0 Å². The van der Waals surface area contributed by atoms with Crippen LogP contribution in [0.1, 0.15) is 6.92 Å². The van der Waals surface area contributed by atoms with Gasteiger partial charge in [-0.1, -0.05) is 12.1 Å². The minimum absolute atomic E-state index is 1.03. The molecule has 0 spiro atoms. The molecule has 94 valence electrons. The molecule has 3 N–H and O–H groups in total. The van der Waals surface area contributed by atoms with E-state index in [2.05, 4.69) is 54.1 Å². The number of hydrogen-bond acceptors (Lipinski definition) is 4. The molecule has 0 fully saturated rings. The summed E-state index contributed by atoms with van der Waals surface area (Å²) >= 11 is 0. The van der Waals surface area contributed by atoms with E-state index < -0.39 is 10.2 Å². The zero-order valence-electron chi connectivity index (χ0n) is 9.32. The Labute approximate surface area is 101 Å². The number of para-hydroxylation sites is 1. The predicted molar refractivity (Wildman–Crippen MR) is 56.5 cm³/mol. The SMILES string of the molecule is CC[n+]1cccc2ccccc21.[O-][Cl+](O)(O)O. The molecule has 0 atom stereocenters. The Bertz CT molecular complexity index is 473. The van der Waals surface area contributed by atoms with Crippen molar-refractivity contribution in [2.75, 3.05) is 0 Å². The van der Waals surface area contributed by atoms with Crippen LogP contribution in [0.5, 0.6) is 0 Å². The standard InChI is InChI=1S/C11H12N.ClH3O4/c1-2-12-9-5-7-10-6-3-4-8-11(10)12;2-1(3,4)5/h3-9H,2H2,1H3;2-4H/q+1;.